The van der Waals surface area contributed by atoms with Crippen LogP contribution in [0, 0.1) is 15.5 Å². The summed E-state index contributed by atoms with van der Waals surface area (Å²) in [6.45, 7) is 11.0. The fourth-order valence-electron chi connectivity index (χ4n) is 1.60. The molecule has 0 fully saturated rings. The molecule has 0 spiro atoms. The van der Waals surface area contributed by atoms with Crippen LogP contribution in [-0.2, 0) is 0 Å². The summed E-state index contributed by atoms with van der Waals surface area (Å²) in [7, 11) is 0. The summed E-state index contributed by atoms with van der Waals surface area (Å²) in [6, 6.07) is 4.80. The summed E-state index contributed by atoms with van der Waals surface area (Å²) in [4.78, 5) is 10.6. The molecule has 1 aromatic carbocycles. The molecule has 0 aromatic heterocycles. The van der Waals surface area contributed by atoms with E-state index in [2.05, 4.69) is 26.1 Å². The van der Waals surface area contributed by atoms with Crippen LogP contribution in [0.1, 0.15) is 41.0 Å². The smallest absolute Gasteiger partial charge is 0.275 e. The number of rotatable bonds is 7. The highest BCUT2D eigenvalue weighted by Crippen LogP contribution is 2.28. The lowest BCUT2D eigenvalue weighted by Crippen LogP contribution is -2.22. The molecule has 0 aliphatic rings. The second-order valence-electron chi connectivity index (χ2n) is 6.01. The molecule has 20 heavy (non-hydrogen) atoms. The number of nitro groups is 1. The van der Waals surface area contributed by atoms with E-state index in [1.165, 1.54) is 6.07 Å². The van der Waals surface area contributed by atoms with Crippen LogP contribution in [0.4, 0.5) is 11.4 Å². The summed E-state index contributed by atoms with van der Waals surface area (Å²) < 4.78 is 5.56. The molecular weight excluding hydrogens is 256 g/mol. The van der Waals surface area contributed by atoms with Crippen molar-refractivity contribution in [1.82, 2.24) is 0 Å². The standard InChI is InChI=1S/C15H24N2O3/c1-6-15(4,5)10-16-12-7-13(17(18)19)9-14(8-12)20-11(2)3/h7-9,11,16H,6,10H2,1-5H3. The zero-order valence-corrected chi connectivity index (χ0v) is 12.9. The number of nitrogens with one attached hydrogen (secondary N) is 1. The van der Waals surface area contributed by atoms with Crippen molar-refractivity contribution in [3.8, 4) is 5.75 Å². The SMILES string of the molecule is CCC(C)(C)CNc1cc(OC(C)C)cc([N+](=O)[O-])c1. The Morgan fingerprint density at radius 1 is 1.35 bits per heavy atom. The first kappa shape index (κ1) is 16.3. The Balaban J connectivity index is 2.94. The van der Waals surface area contributed by atoms with Crippen LogP contribution in [0.15, 0.2) is 18.2 Å². The molecule has 1 aromatic rings. The first-order valence-corrected chi connectivity index (χ1v) is 6.93. The van der Waals surface area contributed by atoms with Crippen molar-refractivity contribution in [3.05, 3.63) is 28.3 Å². The van der Waals surface area contributed by atoms with Crippen molar-refractivity contribution in [2.75, 3.05) is 11.9 Å². The summed E-state index contributed by atoms with van der Waals surface area (Å²) in [5, 5.41) is 14.2. The lowest BCUT2D eigenvalue weighted by molar-refractivity contribution is -0.384. The highest BCUT2D eigenvalue weighted by molar-refractivity contribution is 5.56. The molecule has 0 radical (unpaired) electrons. The average molecular weight is 280 g/mol. The van der Waals surface area contributed by atoms with Crippen molar-refractivity contribution in [2.45, 2.75) is 47.1 Å². The molecule has 0 saturated carbocycles. The van der Waals surface area contributed by atoms with Crippen LogP contribution in [0.25, 0.3) is 0 Å². The van der Waals surface area contributed by atoms with Gasteiger partial charge in [0.25, 0.3) is 5.69 Å². The van der Waals surface area contributed by atoms with Crippen molar-refractivity contribution < 1.29 is 9.66 Å². The third-order valence-electron chi connectivity index (χ3n) is 3.20. The van der Waals surface area contributed by atoms with E-state index in [9.17, 15) is 10.1 Å². The summed E-state index contributed by atoms with van der Waals surface area (Å²) in [5.41, 5.74) is 0.903. The van der Waals surface area contributed by atoms with Gasteiger partial charge in [0.15, 0.2) is 0 Å². The number of benzene rings is 1. The van der Waals surface area contributed by atoms with E-state index < -0.39 is 4.92 Å². The van der Waals surface area contributed by atoms with E-state index in [4.69, 9.17) is 4.74 Å². The molecule has 1 N–H and O–H groups in total. The zero-order valence-electron chi connectivity index (χ0n) is 12.9. The predicted octanol–water partition coefficient (Wildman–Crippen LogP) is 4.23. The number of hydrogen-bond acceptors (Lipinski definition) is 4. The second-order valence-corrected chi connectivity index (χ2v) is 6.01. The molecule has 0 heterocycles. The van der Waals surface area contributed by atoms with Gasteiger partial charge in [-0.3, -0.25) is 10.1 Å². The third-order valence-corrected chi connectivity index (χ3v) is 3.20. The Morgan fingerprint density at radius 2 is 2.00 bits per heavy atom. The monoisotopic (exact) mass is 280 g/mol. The first-order chi connectivity index (χ1) is 9.23. The molecule has 0 bridgehead atoms. The molecule has 1 rings (SSSR count). The molecule has 5 nitrogen and oxygen atoms in total. The van der Waals surface area contributed by atoms with Gasteiger partial charge in [-0.05, 0) is 25.7 Å². The van der Waals surface area contributed by atoms with Gasteiger partial charge in [0.2, 0.25) is 0 Å². The van der Waals surface area contributed by atoms with Crippen molar-refractivity contribution in [1.29, 1.82) is 0 Å². The molecule has 0 atom stereocenters. The fourth-order valence-corrected chi connectivity index (χ4v) is 1.60. The number of nitrogens with zero attached hydrogens (tertiary/aromatic N) is 1. The minimum absolute atomic E-state index is 0.0167. The summed E-state index contributed by atoms with van der Waals surface area (Å²) >= 11 is 0. The molecule has 0 aliphatic carbocycles. The molecule has 0 saturated heterocycles. The van der Waals surface area contributed by atoms with Gasteiger partial charge in [0.05, 0.1) is 17.1 Å². The summed E-state index contributed by atoms with van der Waals surface area (Å²) in [5.74, 6) is 0.519. The van der Waals surface area contributed by atoms with Gasteiger partial charge < -0.3 is 10.1 Å². The normalized spacial score (nSPS) is 11.5. The van der Waals surface area contributed by atoms with Gasteiger partial charge in [0.1, 0.15) is 5.75 Å². The quantitative estimate of drug-likeness (QED) is 0.599. The fraction of sp³-hybridized carbons (Fsp3) is 0.600. The van der Waals surface area contributed by atoms with E-state index in [1.54, 1.807) is 12.1 Å². The van der Waals surface area contributed by atoms with E-state index in [1.807, 2.05) is 13.8 Å². The Bertz CT molecular complexity index is 470. The maximum absolute atomic E-state index is 11.0. The van der Waals surface area contributed by atoms with Gasteiger partial charge in [-0.15, -0.1) is 0 Å². The van der Waals surface area contributed by atoms with E-state index in [0.29, 0.717) is 5.75 Å². The average Bonchev–Trinajstić information content (AvgIpc) is 2.35. The third kappa shape index (κ3) is 5.07. The minimum Gasteiger partial charge on any atom is -0.491 e. The molecular formula is C15H24N2O3. The molecule has 0 unspecified atom stereocenters. The van der Waals surface area contributed by atoms with Crippen molar-refractivity contribution >= 4 is 11.4 Å². The van der Waals surface area contributed by atoms with Gasteiger partial charge >= 0.3 is 0 Å². The molecule has 5 heteroatoms. The lowest BCUT2D eigenvalue weighted by Gasteiger charge is -2.23. The second kappa shape index (κ2) is 6.59. The van der Waals surface area contributed by atoms with Crippen LogP contribution in [-0.4, -0.2) is 17.6 Å². The van der Waals surface area contributed by atoms with Crippen LogP contribution in [0.5, 0.6) is 5.75 Å². The number of ether oxygens (including phenoxy) is 1. The Morgan fingerprint density at radius 3 is 2.50 bits per heavy atom. The summed E-state index contributed by atoms with van der Waals surface area (Å²) in [6.07, 6.45) is 1.02. The topological polar surface area (TPSA) is 64.4 Å². The molecule has 0 aliphatic heterocycles. The van der Waals surface area contributed by atoms with E-state index in [0.717, 1.165) is 18.7 Å². The minimum atomic E-state index is -0.399. The number of non-ortho nitro benzene ring substituents is 1. The molecule has 0 amide bonds. The van der Waals surface area contributed by atoms with Crippen LogP contribution < -0.4 is 10.1 Å². The van der Waals surface area contributed by atoms with E-state index >= 15 is 0 Å². The number of nitro benzene ring substituents is 1. The maximum Gasteiger partial charge on any atom is 0.275 e. The van der Waals surface area contributed by atoms with Gasteiger partial charge in [-0.1, -0.05) is 20.8 Å². The highest BCUT2D eigenvalue weighted by atomic mass is 16.6. The largest absolute Gasteiger partial charge is 0.491 e. The Labute approximate surface area is 120 Å². The Hall–Kier alpha value is -1.78. The maximum atomic E-state index is 11.0. The predicted molar refractivity (Wildman–Crippen MR) is 81.4 cm³/mol. The van der Waals surface area contributed by atoms with Crippen LogP contribution >= 0.6 is 0 Å². The van der Waals surface area contributed by atoms with Gasteiger partial charge in [-0.2, -0.15) is 0 Å². The lowest BCUT2D eigenvalue weighted by atomic mass is 9.90. The first-order valence-electron chi connectivity index (χ1n) is 6.93. The highest BCUT2D eigenvalue weighted by Gasteiger charge is 2.16. The van der Waals surface area contributed by atoms with Gasteiger partial charge in [0, 0.05) is 24.4 Å². The zero-order chi connectivity index (χ0) is 15.3. The Kier molecular flexibility index (Phi) is 5.36. The van der Waals surface area contributed by atoms with E-state index in [-0.39, 0.29) is 17.2 Å². The van der Waals surface area contributed by atoms with Crippen molar-refractivity contribution in [2.24, 2.45) is 5.41 Å². The van der Waals surface area contributed by atoms with Crippen LogP contribution in [0.3, 0.4) is 0 Å². The van der Waals surface area contributed by atoms with Crippen molar-refractivity contribution in [3.63, 3.8) is 0 Å². The number of hydrogen-bond donors (Lipinski definition) is 1. The number of anilines is 1. The van der Waals surface area contributed by atoms with Gasteiger partial charge in [-0.25, -0.2) is 0 Å². The van der Waals surface area contributed by atoms with Crippen LogP contribution in [0.2, 0.25) is 0 Å². The molecule has 112 valence electrons.